The highest BCUT2D eigenvalue weighted by Crippen LogP contribution is 2.03. The lowest BCUT2D eigenvalue weighted by molar-refractivity contribution is -0.148. The molecule has 0 spiro atoms. The van der Waals surface area contributed by atoms with E-state index in [1.54, 1.807) is 13.8 Å². The molecule has 0 aromatic carbocycles. The van der Waals surface area contributed by atoms with Gasteiger partial charge in [-0.2, -0.15) is 0 Å². The Morgan fingerprint density at radius 3 is 1.50 bits per heavy atom. The molecule has 3 amide bonds. The van der Waals surface area contributed by atoms with Crippen LogP contribution in [0, 0.1) is 5.92 Å². The van der Waals surface area contributed by atoms with Crippen LogP contribution in [0.3, 0.4) is 0 Å². The van der Waals surface area contributed by atoms with Crippen LogP contribution in [0.4, 0.5) is 0 Å². The maximum Gasteiger partial charge on any atom is 0.326 e. The van der Waals surface area contributed by atoms with E-state index in [2.05, 4.69) is 10.6 Å². The molecule has 0 aliphatic carbocycles. The average molecular weight is 434 g/mol. The first kappa shape index (κ1) is 27.2. The molecule has 0 bridgehead atoms. The van der Waals surface area contributed by atoms with Crippen LogP contribution in [0.25, 0.3) is 0 Å². The predicted octanol–water partition coefficient (Wildman–Crippen LogP) is -3.25. The summed E-state index contributed by atoms with van der Waals surface area (Å²) in [7, 11) is 0. The monoisotopic (exact) mass is 434 g/mol. The zero-order valence-electron chi connectivity index (χ0n) is 17.2. The molecule has 0 saturated heterocycles. The summed E-state index contributed by atoms with van der Waals surface area (Å²) in [4.78, 5) is 58.8. The van der Waals surface area contributed by atoms with Crippen LogP contribution in [0.1, 0.15) is 34.1 Å². The third-order valence-electron chi connectivity index (χ3n) is 4.14. The van der Waals surface area contributed by atoms with Gasteiger partial charge in [-0.15, -0.1) is 0 Å². The zero-order chi connectivity index (χ0) is 23.8. The summed E-state index contributed by atoms with van der Waals surface area (Å²) < 4.78 is 0. The van der Waals surface area contributed by atoms with Gasteiger partial charge in [0.2, 0.25) is 17.7 Å². The van der Waals surface area contributed by atoms with Crippen molar-refractivity contribution in [1.29, 1.82) is 0 Å². The first-order valence-corrected chi connectivity index (χ1v) is 9.16. The van der Waals surface area contributed by atoms with Crippen molar-refractivity contribution in [3.63, 3.8) is 0 Å². The van der Waals surface area contributed by atoms with E-state index in [4.69, 9.17) is 15.9 Å². The molecular weight excluding hydrogens is 404 g/mol. The lowest BCUT2D eigenvalue weighted by atomic mass is 10.0. The SMILES string of the molecule is CC(C)C(N)C(=O)NC(C(=O)NC(C(=O)NC(CC(=O)O)C(=O)O)C(C)O)C(C)O. The maximum absolute atomic E-state index is 12.5. The average Bonchev–Trinajstić information content (AvgIpc) is 2.60. The molecule has 0 aromatic rings. The van der Waals surface area contributed by atoms with Gasteiger partial charge in [0.25, 0.3) is 0 Å². The maximum atomic E-state index is 12.5. The molecule has 6 unspecified atom stereocenters. The number of carbonyl (C=O) groups is 5. The molecule has 13 heteroatoms. The Morgan fingerprint density at radius 2 is 1.17 bits per heavy atom. The Bertz CT molecular complexity index is 651. The Morgan fingerprint density at radius 1 is 0.767 bits per heavy atom. The standard InChI is InChI=1S/C17H30N4O9/c1-6(2)11(18)14(26)20-13(8(4)23)16(28)21-12(7(3)22)15(27)19-9(17(29)30)5-10(24)25/h6-9,11-13,22-23H,5,18H2,1-4H3,(H,19,27)(H,20,26)(H,21,28)(H,24,25)(H,29,30). The molecule has 0 aliphatic rings. The Labute approximate surface area is 173 Å². The first-order valence-electron chi connectivity index (χ1n) is 9.16. The van der Waals surface area contributed by atoms with Crippen LogP contribution >= 0.6 is 0 Å². The molecule has 0 radical (unpaired) electrons. The lowest BCUT2D eigenvalue weighted by Crippen LogP contribution is -2.62. The van der Waals surface area contributed by atoms with Crippen LogP contribution in [0.5, 0.6) is 0 Å². The second kappa shape index (κ2) is 12.0. The quantitative estimate of drug-likeness (QED) is 0.153. The molecule has 30 heavy (non-hydrogen) atoms. The van der Waals surface area contributed by atoms with Gasteiger partial charge in [0, 0.05) is 0 Å². The van der Waals surface area contributed by atoms with Crippen LogP contribution in [-0.4, -0.2) is 86.5 Å². The van der Waals surface area contributed by atoms with Gasteiger partial charge in [-0.05, 0) is 19.8 Å². The number of aliphatic hydroxyl groups excluding tert-OH is 2. The van der Waals surface area contributed by atoms with E-state index < -0.39 is 72.5 Å². The molecule has 13 nitrogen and oxygen atoms in total. The van der Waals surface area contributed by atoms with Crippen molar-refractivity contribution in [3.8, 4) is 0 Å². The van der Waals surface area contributed by atoms with Crippen molar-refractivity contribution < 1.29 is 44.4 Å². The summed E-state index contributed by atoms with van der Waals surface area (Å²) in [6, 6.07) is -5.98. The smallest absolute Gasteiger partial charge is 0.326 e. The summed E-state index contributed by atoms with van der Waals surface area (Å²) in [5.74, 6) is -6.31. The second-order valence-electron chi connectivity index (χ2n) is 7.22. The molecule has 0 rings (SSSR count). The van der Waals surface area contributed by atoms with E-state index in [-0.39, 0.29) is 5.92 Å². The fourth-order valence-corrected chi connectivity index (χ4v) is 2.24. The summed E-state index contributed by atoms with van der Waals surface area (Å²) in [6.45, 7) is 5.68. The van der Waals surface area contributed by atoms with Crippen molar-refractivity contribution in [2.45, 2.75) is 70.5 Å². The number of hydrogen-bond acceptors (Lipinski definition) is 8. The molecule has 0 aliphatic heterocycles. The number of aliphatic hydroxyl groups is 2. The number of amides is 3. The lowest BCUT2D eigenvalue weighted by Gasteiger charge is -2.27. The number of carboxylic acids is 2. The van der Waals surface area contributed by atoms with Gasteiger partial charge in [-0.3, -0.25) is 19.2 Å². The summed E-state index contributed by atoms with van der Waals surface area (Å²) in [5.41, 5.74) is 5.70. The van der Waals surface area contributed by atoms with Crippen LogP contribution in [0.15, 0.2) is 0 Å². The van der Waals surface area contributed by atoms with Gasteiger partial charge in [0.1, 0.15) is 18.1 Å². The highest BCUT2D eigenvalue weighted by molar-refractivity contribution is 5.95. The van der Waals surface area contributed by atoms with Crippen molar-refractivity contribution in [2.75, 3.05) is 0 Å². The number of nitrogens with one attached hydrogen (secondary N) is 3. The van der Waals surface area contributed by atoms with Crippen molar-refractivity contribution >= 4 is 29.7 Å². The fraction of sp³-hybridized carbons (Fsp3) is 0.706. The van der Waals surface area contributed by atoms with Gasteiger partial charge in [-0.1, -0.05) is 13.8 Å². The minimum Gasteiger partial charge on any atom is -0.481 e. The Hall–Kier alpha value is -2.77. The zero-order valence-corrected chi connectivity index (χ0v) is 17.2. The number of nitrogens with two attached hydrogens (primary N) is 1. The van der Waals surface area contributed by atoms with Crippen LogP contribution in [0.2, 0.25) is 0 Å². The van der Waals surface area contributed by atoms with Gasteiger partial charge in [-0.25, -0.2) is 4.79 Å². The van der Waals surface area contributed by atoms with Crippen molar-refractivity contribution in [3.05, 3.63) is 0 Å². The van der Waals surface area contributed by atoms with E-state index in [1.165, 1.54) is 6.92 Å². The molecule has 0 heterocycles. The normalized spacial score (nSPS) is 17.1. The number of carboxylic acid groups (broad SMARTS) is 2. The molecule has 0 fully saturated rings. The highest BCUT2D eigenvalue weighted by Gasteiger charge is 2.35. The Balaban J connectivity index is 5.39. The molecule has 0 aromatic heterocycles. The fourth-order valence-electron chi connectivity index (χ4n) is 2.24. The molecular formula is C17H30N4O9. The highest BCUT2D eigenvalue weighted by atomic mass is 16.4. The number of hydrogen-bond donors (Lipinski definition) is 8. The predicted molar refractivity (Wildman–Crippen MR) is 102 cm³/mol. The molecule has 0 saturated carbocycles. The largest absolute Gasteiger partial charge is 0.481 e. The third-order valence-corrected chi connectivity index (χ3v) is 4.14. The summed E-state index contributed by atoms with van der Waals surface area (Å²) in [5, 5.41) is 43.7. The van der Waals surface area contributed by atoms with Gasteiger partial charge < -0.3 is 42.1 Å². The van der Waals surface area contributed by atoms with Crippen LogP contribution < -0.4 is 21.7 Å². The number of carbonyl (C=O) groups excluding carboxylic acids is 3. The van der Waals surface area contributed by atoms with Crippen molar-refractivity contribution in [1.82, 2.24) is 16.0 Å². The van der Waals surface area contributed by atoms with E-state index in [0.29, 0.717) is 0 Å². The van der Waals surface area contributed by atoms with Crippen molar-refractivity contribution in [2.24, 2.45) is 11.7 Å². The van der Waals surface area contributed by atoms with E-state index in [9.17, 15) is 34.2 Å². The summed E-state index contributed by atoms with van der Waals surface area (Å²) >= 11 is 0. The van der Waals surface area contributed by atoms with Gasteiger partial charge >= 0.3 is 11.9 Å². The summed E-state index contributed by atoms with van der Waals surface area (Å²) in [6.07, 6.45) is -3.85. The molecule has 172 valence electrons. The van der Waals surface area contributed by atoms with Gasteiger partial charge in [0.05, 0.1) is 24.7 Å². The van der Waals surface area contributed by atoms with Crippen LogP contribution in [-0.2, 0) is 24.0 Å². The van der Waals surface area contributed by atoms with E-state index >= 15 is 0 Å². The van der Waals surface area contributed by atoms with Gasteiger partial charge in [0.15, 0.2) is 0 Å². The number of aliphatic carboxylic acids is 2. The molecule has 6 atom stereocenters. The molecule has 9 N–H and O–H groups in total. The first-order chi connectivity index (χ1) is 13.7. The minimum atomic E-state index is -1.80. The Kier molecular flexibility index (Phi) is 10.9. The number of rotatable bonds is 12. The minimum absolute atomic E-state index is 0.263. The topological polar surface area (TPSA) is 228 Å². The third kappa shape index (κ3) is 8.71. The second-order valence-corrected chi connectivity index (χ2v) is 7.22. The van der Waals surface area contributed by atoms with E-state index in [0.717, 1.165) is 6.92 Å². The van der Waals surface area contributed by atoms with E-state index in [1.807, 2.05) is 5.32 Å².